The van der Waals surface area contributed by atoms with Gasteiger partial charge in [-0.1, -0.05) is 243 Å². The van der Waals surface area contributed by atoms with Crippen LogP contribution in [0.25, 0.3) is 88.3 Å². The maximum Gasteiger partial charge on any atom is 0.143 e. The monoisotopic (exact) mass is 929 g/mol. The van der Waals surface area contributed by atoms with Gasteiger partial charge in [0.2, 0.25) is 0 Å². The molecule has 0 unspecified atom stereocenters. The van der Waals surface area contributed by atoms with Gasteiger partial charge in [0.25, 0.3) is 0 Å². The standard InChI is InChI=1S/C71H47NO/c1-5-19-48(20-6-1)50-33-35-52(36-34-50)67-61-28-13-14-29-62(61)70-69(63-30-16-18-32-66(63)73-70)68(67)53-39-43-57(44-40-53)72(56-41-37-51(38-42-56)49-21-7-2-8-22-49)58-45-46-60-59-27-15-17-31-64(59)71(65(60)47-58,54-23-9-3-10-24-54)55-25-11-4-12-26-55/h1-47H. The first kappa shape index (κ1) is 42.4. The van der Waals surface area contributed by atoms with Crippen LogP contribution in [0.3, 0.4) is 0 Å². The predicted octanol–water partition coefficient (Wildman–Crippen LogP) is 19.2. The summed E-state index contributed by atoms with van der Waals surface area (Å²) in [5, 5.41) is 4.47. The maximum atomic E-state index is 6.85. The van der Waals surface area contributed by atoms with Crippen LogP contribution in [0.2, 0.25) is 0 Å². The molecule has 14 rings (SSSR count). The lowest BCUT2D eigenvalue weighted by Gasteiger charge is -2.35. The number of fused-ring (bicyclic) bond motifs is 8. The highest BCUT2D eigenvalue weighted by atomic mass is 16.3. The Kier molecular flexibility index (Phi) is 10.1. The van der Waals surface area contributed by atoms with Crippen molar-refractivity contribution in [1.82, 2.24) is 0 Å². The zero-order chi connectivity index (χ0) is 48.3. The summed E-state index contributed by atoms with van der Waals surface area (Å²) in [6.45, 7) is 0. The van der Waals surface area contributed by atoms with Gasteiger partial charge in [0.1, 0.15) is 11.2 Å². The molecule has 73 heavy (non-hydrogen) atoms. The molecule has 0 saturated carbocycles. The first-order valence-corrected chi connectivity index (χ1v) is 25.2. The van der Waals surface area contributed by atoms with E-state index in [1.54, 1.807) is 0 Å². The van der Waals surface area contributed by atoms with Crippen LogP contribution in [0, 0.1) is 0 Å². The molecule has 0 fully saturated rings. The fourth-order valence-electron chi connectivity index (χ4n) is 11.9. The van der Waals surface area contributed by atoms with Crippen molar-refractivity contribution in [1.29, 1.82) is 0 Å². The van der Waals surface area contributed by atoms with Crippen molar-refractivity contribution in [2.24, 2.45) is 0 Å². The third-order valence-corrected chi connectivity index (χ3v) is 15.2. The van der Waals surface area contributed by atoms with Crippen LogP contribution in [-0.2, 0) is 5.41 Å². The lowest BCUT2D eigenvalue weighted by Crippen LogP contribution is -2.28. The summed E-state index contributed by atoms with van der Waals surface area (Å²) in [5.74, 6) is 0. The van der Waals surface area contributed by atoms with Gasteiger partial charge in [-0.3, -0.25) is 0 Å². The highest BCUT2D eigenvalue weighted by Crippen LogP contribution is 2.57. The average molecular weight is 930 g/mol. The van der Waals surface area contributed by atoms with E-state index >= 15 is 0 Å². The van der Waals surface area contributed by atoms with E-state index in [0.717, 1.165) is 66.5 Å². The van der Waals surface area contributed by atoms with Crippen molar-refractivity contribution in [3.8, 4) is 55.6 Å². The topological polar surface area (TPSA) is 16.4 Å². The van der Waals surface area contributed by atoms with Gasteiger partial charge in [-0.25, -0.2) is 0 Å². The minimum Gasteiger partial charge on any atom is -0.455 e. The van der Waals surface area contributed by atoms with E-state index < -0.39 is 5.41 Å². The van der Waals surface area contributed by atoms with Gasteiger partial charge in [0.15, 0.2) is 0 Å². The predicted molar refractivity (Wildman–Crippen MR) is 305 cm³/mol. The lowest BCUT2D eigenvalue weighted by molar-refractivity contribution is 0.673. The first-order chi connectivity index (χ1) is 36.2. The molecule has 0 radical (unpaired) electrons. The Morgan fingerprint density at radius 3 is 1.33 bits per heavy atom. The minimum atomic E-state index is -0.540. The molecule has 1 aliphatic rings. The Balaban J connectivity index is 0.982. The Morgan fingerprint density at radius 1 is 0.288 bits per heavy atom. The normalized spacial score (nSPS) is 12.5. The van der Waals surface area contributed by atoms with Gasteiger partial charge in [0.05, 0.1) is 5.41 Å². The van der Waals surface area contributed by atoms with Gasteiger partial charge in [-0.15, -0.1) is 0 Å². The summed E-state index contributed by atoms with van der Waals surface area (Å²) >= 11 is 0. The molecule has 12 aromatic carbocycles. The highest BCUT2D eigenvalue weighted by molar-refractivity contribution is 6.26. The summed E-state index contributed by atoms with van der Waals surface area (Å²) in [7, 11) is 0. The molecule has 342 valence electrons. The van der Waals surface area contributed by atoms with Crippen LogP contribution in [0.15, 0.2) is 290 Å². The van der Waals surface area contributed by atoms with Crippen molar-refractivity contribution in [3.63, 3.8) is 0 Å². The van der Waals surface area contributed by atoms with E-state index in [1.807, 2.05) is 0 Å². The molecular weight excluding hydrogens is 883 g/mol. The van der Waals surface area contributed by atoms with Gasteiger partial charge in [0, 0.05) is 38.8 Å². The lowest BCUT2D eigenvalue weighted by atomic mass is 9.67. The number of para-hydroxylation sites is 1. The molecule has 2 nitrogen and oxygen atoms in total. The van der Waals surface area contributed by atoms with Crippen molar-refractivity contribution in [2.45, 2.75) is 5.41 Å². The van der Waals surface area contributed by atoms with Crippen LogP contribution in [0.5, 0.6) is 0 Å². The number of hydrogen-bond acceptors (Lipinski definition) is 2. The van der Waals surface area contributed by atoms with Gasteiger partial charge in [-0.05, 0) is 120 Å². The number of nitrogens with zero attached hydrogens (tertiary/aromatic N) is 1. The van der Waals surface area contributed by atoms with Gasteiger partial charge >= 0.3 is 0 Å². The maximum absolute atomic E-state index is 6.85. The first-order valence-electron chi connectivity index (χ1n) is 25.2. The number of furan rings is 1. The van der Waals surface area contributed by atoms with Gasteiger partial charge < -0.3 is 9.32 Å². The highest BCUT2D eigenvalue weighted by Gasteiger charge is 2.46. The smallest absolute Gasteiger partial charge is 0.143 e. The molecule has 1 aliphatic carbocycles. The van der Waals surface area contributed by atoms with Crippen LogP contribution in [0.1, 0.15) is 22.3 Å². The Labute approximate surface area is 425 Å². The fraction of sp³-hybridized carbons (Fsp3) is 0.0141. The van der Waals surface area contributed by atoms with E-state index in [1.165, 1.54) is 61.2 Å². The SMILES string of the molecule is c1ccc(-c2ccc(-c3c(-c4ccc(N(c5ccc(-c6ccccc6)cc5)c5ccc6c(c5)C(c5ccccc5)(c5ccccc5)c5ccccc5-6)cc4)c4c5ccccc5oc4c4ccccc34)cc2)cc1. The van der Waals surface area contributed by atoms with Crippen molar-refractivity contribution in [2.75, 3.05) is 4.90 Å². The average Bonchev–Trinajstić information content (AvgIpc) is 4.05. The Hall–Kier alpha value is -9.50. The largest absolute Gasteiger partial charge is 0.455 e. The van der Waals surface area contributed by atoms with Crippen molar-refractivity contribution >= 4 is 49.8 Å². The third kappa shape index (κ3) is 6.87. The Bertz CT molecular complexity index is 4100. The van der Waals surface area contributed by atoms with Crippen LogP contribution >= 0.6 is 0 Å². The minimum absolute atomic E-state index is 0.540. The number of anilines is 3. The molecule has 2 heteroatoms. The molecule has 0 bridgehead atoms. The fourth-order valence-corrected chi connectivity index (χ4v) is 11.9. The Morgan fingerprint density at radius 2 is 0.712 bits per heavy atom. The molecule has 0 N–H and O–H groups in total. The summed E-state index contributed by atoms with van der Waals surface area (Å²) in [4.78, 5) is 2.43. The second-order valence-electron chi connectivity index (χ2n) is 19.1. The summed E-state index contributed by atoms with van der Waals surface area (Å²) in [6, 6.07) is 104. The molecule has 1 heterocycles. The summed E-state index contributed by atoms with van der Waals surface area (Å²) in [6.07, 6.45) is 0. The van der Waals surface area contributed by atoms with Crippen LogP contribution in [-0.4, -0.2) is 0 Å². The van der Waals surface area contributed by atoms with E-state index in [9.17, 15) is 0 Å². The molecular formula is C71H47NO. The molecule has 0 atom stereocenters. The van der Waals surface area contributed by atoms with Crippen LogP contribution in [0.4, 0.5) is 17.1 Å². The molecule has 13 aromatic rings. The molecule has 0 amide bonds. The third-order valence-electron chi connectivity index (χ3n) is 15.2. The van der Waals surface area contributed by atoms with E-state index in [-0.39, 0.29) is 0 Å². The van der Waals surface area contributed by atoms with Gasteiger partial charge in [-0.2, -0.15) is 0 Å². The number of rotatable bonds is 9. The number of hydrogen-bond donors (Lipinski definition) is 0. The van der Waals surface area contributed by atoms with E-state index in [2.05, 4.69) is 290 Å². The number of benzene rings is 12. The quantitative estimate of drug-likeness (QED) is 0.143. The van der Waals surface area contributed by atoms with E-state index in [0.29, 0.717) is 0 Å². The zero-order valence-corrected chi connectivity index (χ0v) is 40.0. The summed E-state index contributed by atoms with van der Waals surface area (Å²) < 4.78 is 6.85. The van der Waals surface area contributed by atoms with Crippen molar-refractivity contribution in [3.05, 3.63) is 307 Å². The van der Waals surface area contributed by atoms with Crippen molar-refractivity contribution < 1.29 is 4.42 Å². The zero-order valence-electron chi connectivity index (χ0n) is 40.0. The molecule has 0 spiro atoms. The summed E-state index contributed by atoms with van der Waals surface area (Å²) in [5.41, 5.74) is 21.4. The second-order valence-corrected chi connectivity index (χ2v) is 19.1. The molecule has 0 saturated heterocycles. The second kappa shape index (κ2) is 17.4. The molecule has 0 aliphatic heterocycles. The van der Waals surface area contributed by atoms with E-state index in [4.69, 9.17) is 4.42 Å². The van der Waals surface area contributed by atoms with Crippen LogP contribution < -0.4 is 4.90 Å². The molecule has 1 aromatic heterocycles.